The van der Waals surface area contributed by atoms with Crippen LogP contribution in [-0.2, 0) is 11.2 Å². The van der Waals surface area contributed by atoms with E-state index in [1.165, 1.54) is 0 Å². The number of nitriles is 1. The number of nitrogens with zero attached hydrogens (tertiary/aromatic N) is 3. The molecule has 2 aromatic carbocycles. The van der Waals surface area contributed by atoms with E-state index in [1.807, 2.05) is 30.3 Å². The van der Waals surface area contributed by atoms with Crippen molar-refractivity contribution < 1.29 is 4.79 Å². The number of carbonyl (C=O) groups excluding carboxylic acids is 1. The topological polar surface area (TPSA) is 59.4 Å². The molecule has 1 saturated heterocycles. The van der Waals surface area contributed by atoms with Gasteiger partial charge in [0.05, 0.1) is 23.0 Å². The van der Waals surface area contributed by atoms with Crippen molar-refractivity contribution >= 4 is 28.9 Å². The largest absolute Gasteiger partial charge is 0.367 e. The Labute approximate surface area is 171 Å². The predicted molar refractivity (Wildman–Crippen MR) is 114 cm³/mol. The minimum atomic E-state index is -0.0416. The van der Waals surface area contributed by atoms with Gasteiger partial charge in [0.15, 0.2) is 0 Å². The summed E-state index contributed by atoms with van der Waals surface area (Å²) in [6, 6.07) is 15.1. The maximum Gasteiger partial charge on any atom is 0.224 e. The van der Waals surface area contributed by atoms with Crippen molar-refractivity contribution in [1.82, 2.24) is 4.90 Å². The number of amides is 1. The molecule has 28 heavy (non-hydrogen) atoms. The second kappa shape index (κ2) is 9.59. The molecule has 1 N–H and O–H groups in total. The Bertz CT molecular complexity index is 852. The quantitative estimate of drug-likeness (QED) is 0.803. The molecule has 5 nitrogen and oxygen atoms in total. The van der Waals surface area contributed by atoms with E-state index >= 15 is 0 Å². The van der Waals surface area contributed by atoms with Crippen molar-refractivity contribution in [2.75, 3.05) is 42.9 Å². The fourth-order valence-electron chi connectivity index (χ4n) is 3.41. The van der Waals surface area contributed by atoms with E-state index < -0.39 is 0 Å². The van der Waals surface area contributed by atoms with Crippen LogP contribution >= 0.6 is 11.6 Å². The highest BCUT2D eigenvalue weighted by atomic mass is 35.5. The SMILES string of the molecule is CCN1CCN(c2ccc(Cl)cc2NC(=O)CCc2ccc(C#N)cc2)CC1. The van der Waals surface area contributed by atoms with Gasteiger partial charge in [0.2, 0.25) is 5.91 Å². The number of benzene rings is 2. The summed E-state index contributed by atoms with van der Waals surface area (Å²) in [6.07, 6.45) is 1.00. The molecule has 1 amide bonds. The van der Waals surface area contributed by atoms with E-state index in [4.69, 9.17) is 16.9 Å². The summed E-state index contributed by atoms with van der Waals surface area (Å²) in [5, 5.41) is 12.5. The van der Waals surface area contributed by atoms with E-state index in [0.29, 0.717) is 23.4 Å². The Balaban J connectivity index is 1.63. The van der Waals surface area contributed by atoms with Crippen LogP contribution in [-0.4, -0.2) is 43.5 Å². The van der Waals surface area contributed by atoms with Crippen LogP contribution in [0.2, 0.25) is 5.02 Å². The molecule has 0 atom stereocenters. The van der Waals surface area contributed by atoms with Crippen LogP contribution in [0.1, 0.15) is 24.5 Å². The first-order chi connectivity index (χ1) is 13.6. The highest BCUT2D eigenvalue weighted by molar-refractivity contribution is 6.31. The standard InChI is InChI=1S/C22H25ClN4O/c1-2-26-11-13-27(14-12-26)21-9-8-19(23)15-20(21)25-22(28)10-7-17-3-5-18(16-24)6-4-17/h3-6,8-9,15H,2,7,10-14H2,1H3,(H,25,28). The van der Waals surface area contributed by atoms with Gasteiger partial charge >= 0.3 is 0 Å². The lowest BCUT2D eigenvalue weighted by Gasteiger charge is -2.36. The van der Waals surface area contributed by atoms with Crippen molar-refractivity contribution in [2.45, 2.75) is 19.8 Å². The summed E-state index contributed by atoms with van der Waals surface area (Å²) in [6.45, 7) is 7.15. The number of likely N-dealkylation sites (N-methyl/N-ethyl adjacent to an activating group) is 1. The molecule has 0 aliphatic carbocycles. The predicted octanol–water partition coefficient (Wildman–Crippen LogP) is 3.92. The van der Waals surface area contributed by atoms with Gasteiger partial charge in [-0.3, -0.25) is 4.79 Å². The minimum Gasteiger partial charge on any atom is -0.367 e. The third kappa shape index (κ3) is 5.25. The monoisotopic (exact) mass is 396 g/mol. The fourth-order valence-corrected chi connectivity index (χ4v) is 3.58. The minimum absolute atomic E-state index is 0.0416. The number of rotatable bonds is 6. The molecule has 0 unspecified atom stereocenters. The lowest BCUT2D eigenvalue weighted by Crippen LogP contribution is -2.46. The van der Waals surface area contributed by atoms with E-state index in [0.717, 1.165) is 49.7 Å². The molecule has 1 heterocycles. The molecule has 1 aliphatic heterocycles. The van der Waals surface area contributed by atoms with Crippen LogP contribution in [0.15, 0.2) is 42.5 Å². The summed E-state index contributed by atoms with van der Waals surface area (Å²) >= 11 is 6.18. The van der Waals surface area contributed by atoms with Gasteiger partial charge in [-0.2, -0.15) is 5.26 Å². The van der Waals surface area contributed by atoms with Gasteiger partial charge in [0.1, 0.15) is 0 Å². The fraction of sp³-hybridized carbons (Fsp3) is 0.364. The van der Waals surface area contributed by atoms with Crippen molar-refractivity contribution in [2.24, 2.45) is 0 Å². The number of halogens is 1. The van der Waals surface area contributed by atoms with E-state index in [2.05, 4.69) is 28.1 Å². The Morgan fingerprint density at radius 2 is 1.86 bits per heavy atom. The number of anilines is 2. The third-order valence-electron chi connectivity index (χ3n) is 5.12. The van der Waals surface area contributed by atoms with E-state index in [1.54, 1.807) is 12.1 Å². The summed E-state index contributed by atoms with van der Waals surface area (Å²) < 4.78 is 0. The second-order valence-corrected chi connectivity index (χ2v) is 7.38. The Morgan fingerprint density at radius 3 is 2.50 bits per heavy atom. The third-order valence-corrected chi connectivity index (χ3v) is 5.35. The van der Waals surface area contributed by atoms with Gasteiger partial charge in [0.25, 0.3) is 0 Å². The number of nitrogens with one attached hydrogen (secondary N) is 1. The molecule has 0 aromatic heterocycles. The molecule has 3 rings (SSSR count). The number of piperazine rings is 1. The van der Waals surface area contributed by atoms with Crippen LogP contribution in [0.25, 0.3) is 0 Å². The normalized spacial score (nSPS) is 14.5. The highest BCUT2D eigenvalue weighted by Gasteiger charge is 2.19. The van der Waals surface area contributed by atoms with Crippen LogP contribution in [0.3, 0.4) is 0 Å². The first-order valence-corrected chi connectivity index (χ1v) is 10.0. The number of hydrogen-bond donors (Lipinski definition) is 1. The van der Waals surface area contributed by atoms with Crippen LogP contribution < -0.4 is 10.2 Å². The molecule has 0 radical (unpaired) electrons. The van der Waals surface area contributed by atoms with Crippen molar-refractivity contribution in [3.63, 3.8) is 0 Å². The molecular weight excluding hydrogens is 372 g/mol. The first kappa shape index (κ1) is 20.2. The molecule has 2 aromatic rings. The van der Waals surface area contributed by atoms with Gasteiger partial charge in [0, 0.05) is 37.6 Å². The smallest absolute Gasteiger partial charge is 0.224 e. The molecule has 0 saturated carbocycles. The van der Waals surface area contributed by atoms with Gasteiger partial charge in [-0.1, -0.05) is 30.7 Å². The average Bonchev–Trinajstić information content (AvgIpc) is 2.73. The Morgan fingerprint density at radius 1 is 1.14 bits per heavy atom. The maximum atomic E-state index is 12.5. The first-order valence-electron chi connectivity index (χ1n) is 9.65. The summed E-state index contributed by atoms with van der Waals surface area (Å²) in [5.41, 5.74) is 3.45. The van der Waals surface area contributed by atoms with E-state index in [-0.39, 0.29) is 5.91 Å². The maximum absolute atomic E-state index is 12.5. The number of aryl methyl sites for hydroxylation is 1. The molecule has 6 heteroatoms. The van der Waals surface area contributed by atoms with E-state index in [9.17, 15) is 4.79 Å². The number of hydrogen-bond acceptors (Lipinski definition) is 4. The molecule has 1 fully saturated rings. The Kier molecular flexibility index (Phi) is 6.91. The number of carbonyl (C=O) groups is 1. The molecular formula is C22H25ClN4O. The summed E-state index contributed by atoms with van der Waals surface area (Å²) in [7, 11) is 0. The second-order valence-electron chi connectivity index (χ2n) is 6.94. The zero-order chi connectivity index (χ0) is 19.9. The lowest BCUT2D eigenvalue weighted by atomic mass is 10.1. The average molecular weight is 397 g/mol. The summed E-state index contributed by atoms with van der Waals surface area (Å²) in [4.78, 5) is 17.2. The van der Waals surface area contributed by atoms with Gasteiger partial charge in [-0.05, 0) is 48.9 Å². The lowest BCUT2D eigenvalue weighted by molar-refractivity contribution is -0.116. The zero-order valence-electron chi connectivity index (χ0n) is 16.1. The Hall–Kier alpha value is -2.55. The van der Waals surface area contributed by atoms with Crippen LogP contribution in [0.5, 0.6) is 0 Å². The van der Waals surface area contributed by atoms with Gasteiger partial charge in [-0.15, -0.1) is 0 Å². The van der Waals surface area contributed by atoms with Crippen molar-refractivity contribution in [1.29, 1.82) is 5.26 Å². The van der Waals surface area contributed by atoms with Crippen LogP contribution in [0, 0.1) is 11.3 Å². The summed E-state index contributed by atoms with van der Waals surface area (Å²) in [5.74, 6) is -0.0416. The molecule has 146 valence electrons. The van der Waals surface area contributed by atoms with Crippen molar-refractivity contribution in [3.05, 3.63) is 58.6 Å². The molecule has 0 spiro atoms. The highest BCUT2D eigenvalue weighted by Crippen LogP contribution is 2.30. The van der Waals surface area contributed by atoms with Crippen LogP contribution in [0.4, 0.5) is 11.4 Å². The van der Waals surface area contributed by atoms with Gasteiger partial charge in [-0.25, -0.2) is 0 Å². The van der Waals surface area contributed by atoms with Gasteiger partial charge < -0.3 is 15.1 Å². The molecule has 1 aliphatic rings. The zero-order valence-corrected chi connectivity index (χ0v) is 16.9. The molecule has 0 bridgehead atoms. The van der Waals surface area contributed by atoms with Crippen molar-refractivity contribution in [3.8, 4) is 6.07 Å².